The molecule has 0 aliphatic carbocycles. The van der Waals surface area contributed by atoms with E-state index in [0.29, 0.717) is 0 Å². The molecule has 13 heavy (non-hydrogen) atoms. The van der Waals surface area contributed by atoms with Gasteiger partial charge in [-0.2, -0.15) is 0 Å². The Morgan fingerprint density at radius 1 is 1.77 bits per heavy atom. The summed E-state index contributed by atoms with van der Waals surface area (Å²) in [6.45, 7) is 1.57. The molecule has 1 rings (SSSR count). The third-order valence-corrected chi connectivity index (χ3v) is 1.48. The number of carbonyl (C=O) groups excluding carboxylic acids is 1. The molecule has 1 aromatic heterocycles. The van der Waals surface area contributed by atoms with E-state index < -0.39 is 6.04 Å². The fourth-order valence-electron chi connectivity index (χ4n) is 0.621. The SMILES string of the molecule is C[C@H](N)C(=O)Nc1nccc(Cl)n1. The lowest BCUT2D eigenvalue weighted by Crippen LogP contribution is -2.33. The topological polar surface area (TPSA) is 80.9 Å². The van der Waals surface area contributed by atoms with Gasteiger partial charge in [0, 0.05) is 6.20 Å². The van der Waals surface area contributed by atoms with Crippen LogP contribution in [0.2, 0.25) is 5.15 Å². The molecule has 0 bridgehead atoms. The second-order valence-electron chi connectivity index (χ2n) is 2.48. The molecule has 1 amide bonds. The van der Waals surface area contributed by atoms with Crippen LogP contribution >= 0.6 is 11.6 Å². The lowest BCUT2D eigenvalue weighted by molar-refractivity contribution is -0.117. The minimum absolute atomic E-state index is 0.162. The van der Waals surface area contributed by atoms with E-state index in [4.69, 9.17) is 17.3 Å². The number of carbonyl (C=O) groups is 1. The number of hydrogen-bond donors (Lipinski definition) is 2. The normalized spacial score (nSPS) is 12.2. The van der Waals surface area contributed by atoms with Crippen molar-refractivity contribution < 1.29 is 4.79 Å². The second-order valence-corrected chi connectivity index (χ2v) is 2.87. The molecule has 6 heteroatoms. The molecular weight excluding hydrogens is 192 g/mol. The maximum absolute atomic E-state index is 11.1. The number of nitrogens with zero attached hydrogens (tertiary/aromatic N) is 2. The van der Waals surface area contributed by atoms with Crippen molar-refractivity contribution in [3.8, 4) is 0 Å². The van der Waals surface area contributed by atoms with E-state index in [1.54, 1.807) is 6.92 Å². The van der Waals surface area contributed by atoms with Gasteiger partial charge in [-0.3, -0.25) is 10.1 Å². The standard InChI is InChI=1S/C7H9ClN4O/c1-4(9)6(13)12-7-10-3-2-5(8)11-7/h2-4H,9H2,1H3,(H,10,11,12,13)/t4-/m0/s1. The van der Waals surface area contributed by atoms with Gasteiger partial charge in [0.25, 0.3) is 0 Å². The summed E-state index contributed by atoms with van der Waals surface area (Å²) in [6, 6.07) is 0.922. The lowest BCUT2D eigenvalue weighted by Gasteiger charge is -2.05. The van der Waals surface area contributed by atoms with Crippen molar-refractivity contribution in [2.75, 3.05) is 5.32 Å². The van der Waals surface area contributed by atoms with Crippen molar-refractivity contribution in [1.82, 2.24) is 9.97 Å². The van der Waals surface area contributed by atoms with Gasteiger partial charge in [-0.15, -0.1) is 0 Å². The van der Waals surface area contributed by atoms with Gasteiger partial charge in [-0.25, -0.2) is 9.97 Å². The third kappa shape index (κ3) is 2.96. The summed E-state index contributed by atoms with van der Waals surface area (Å²) in [6.07, 6.45) is 1.45. The fraction of sp³-hybridized carbons (Fsp3) is 0.286. The van der Waals surface area contributed by atoms with E-state index in [1.165, 1.54) is 12.3 Å². The first-order chi connectivity index (χ1) is 6.09. The molecule has 0 fully saturated rings. The lowest BCUT2D eigenvalue weighted by atomic mass is 10.3. The Labute approximate surface area is 80.3 Å². The number of nitrogens with two attached hydrogens (primary N) is 1. The molecule has 0 radical (unpaired) electrons. The highest BCUT2D eigenvalue weighted by atomic mass is 35.5. The summed E-state index contributed by atoms with van der Waals surface area (Å²) >= 11 is 5.57. The van der Waals surface area contributed by atoms with Crippen LogP contribution in [0.3, 0.4) is 0 Å². The zero-order valence-electron chi connectivity index (χ0n) is 6.99. The van der Waals surface area contributed by atoms with Crippen LogP contribution in [0.15, 0.2) is 12.3 Å². The highest BCUT2D eigenvalue weighted by Crippen LogP contribution is 2.05. The van der Waals surface area contributed by atoms with Crippen LogP contribution < -0.4 is 11.1 Å². The zero-order chi connectivity index (χ0) is 9.84. The summed E-state index contributed by atoms with van der Waals surface area (Å²) in [5, 5.41) is 2.68. The average Bonchev–Trinajstić information content (AvgIpc) is 2.04. The van der Waals surface area contributed by atoms with Crippen molar-refractivity contribution in [3.63, 3.8) is 0 Å². The number of amides is 1. The van der Waals surface area contributed by atoms with Gasteiger partial charge >= 0.3 is 0 Å². The maximum atomic E-state index is 11.1. The summed E-state index contributed by atoms with van der Waals surface area (Å²) in [7, 11) is 0. The molecular formula is C7H9ClN4O. The van der Waals surface area contributed by atoms with E-state index in [9.17, 15) is 4.79 Å². The maximum Gasteiger partial charge on any atom is 0.243 e. The Morgan fingerprint density at radius 2 is 2.46 bits per heavy atom. The highest BCUT2D eigenvalue weighted by molar-refractivity contribution is 6.29. The van der Waals surface area contributed by atoms with Gasteiger partial charge in [-0.05, 0) is 13.0 Å². The number of hydrogen-bond acceptors (Lipinski definition) is 4. The predicted molar refractivity (Wildman–Crippen MR) is 49.3 cm³/mol. The van der Waals surface area contributed by atoms with Crippen LogP contribution in [0.4, 0.5) is 5.95 Å². The van der Waals surface area contributed by atoms with Crippen LogP contribution in [-0.2, 0) is 4.79 Å². The van der Waals surface area contributed by atoms with Crippen molar-refractivity contribution in [1.29, 1.82) is 0 Å². The summed E-state index contributed by atoms with van der Waals surface area (Å²) in [5.74, 6) is -0.183. The van der Waals surface area contributed by atoms with Crippen molar-refractivity contribution in [3.05, 3.63) is 17.4 Å². The van der Waals surface area contributed by atoms with Gasteiger partial charge in [0.2, 0.25) is 11.9 Å². The second kappa shape index (κ2) is 4.15. The number of aromatic nitrogens is 2. The molecule has 3 N–H and O–H groups in total. The van der Waals surface area contributed by atoms with Gasteiger partial charge in [0.15, 0.2) is 0 Å². The van der Waals surface area contributed by atoms with Crippen molar-refractivity contribution in [2.45, 2.75) is 13.0 Å². The molecule has 70 valence electrons. The minimum Gasteiger partial charge on any atom is -0.320 e. The molecule has 0 aromatic carbocycles. The zero-order valence-corrected chi connectivity index (χ0v) is 7.75. The van der Waals surface area contributed by atoms with Crippen LogP contribution in [0.5, 0.6) is 0 Å². The number of halogens is 1. The molecule has 5 nitrogen and oxygen atoms in total. The Balaban J connectivity index is 2.69. The Morgan fingerprint density at radius 3 is 3.00 bits per heavy atom. The molecule has 1 heterocycles. The summed E-state index contributed by atoms with van der Waals surface area (Å²) in [5.41, 5.74) is 5.32. The van der Waals surface area contributed by atoms with Crippen LogP contribution in [0.1, 0.15) is 6.92 Å². The van der Waals surface area contributed by atoms with Crippen molar-refractivity contribution >= 4 is 23.5 Å². The first-order valence-electron chi connectivity index (χ1n) is 3.64. The average molecular weight is 201 g/mol. The number of nitrogens with one attached hydrogen (secondary N) is 1. The molecule has 1 aromatic rings. The molecule has 0 aliphatic rings. The Bertz CT molecular complexity index is 315. The molecule has 0 unspecified atom stereocenters. The summed E-state index contributed by atoms with van der Waals surface area (Å²) in [4.78, 5) is 18.6. The Kier molecular flexibility index (Phi) is 3.16. The van der Waals surface area contributed by atoms with E-state index in [-0.39, 0.29) is 17.0 Å². The van der Waals surface area contributed by atoms with E-state index in [1.807, 2.05) is 0 Å². The highest BCUT2D eigenvalue weighted by Gasteiger charge is 2.08. The fourth-order valence-corrected chi connectivity index (χ4v) is 0.757. The molecule has 1 atom stereocenters. The largest absolute Gasteiger partial charge is 0.320 e. The van der Waals surface area contributed by atoms with E-state index in [0.717, 1.165) is 0 Å². The van der Waals surface area contributed by atoms with Crippen LogP contribution in [0.25, 0.3) is 0 Å². The van der Waals surface area contributed by atoms with Gasteiger partial charge < -0.3 is 5.73 Å². The van der Waals surface area contributed by atoms with Gasteiger partial charge in [0.05, 0.1) is 6.04 Å². The van der Waals surface area contributed by atoms with Crippen LogP contribution in [-0.4, -0.2) is 21.9 Å². The molecule has 0 spiro atoms. The van der Waals surface area contributed by atoms with Crippen molar-refractivity contribution in [2.24, 2.45) is 5.73 Å². The predicted octanol–water partition coefficient (Wildman–Crippen LogP) is 0.416. The van der Waals surface area contributed by atoms with Gasteiger partial charge in [0.1, 0.15) is 5.15 Å². The monoisotopic (exact) mass is 200 g/mol. The van der Waals surface area contributed by atoms with E-state index >= 15 is 0 Å². The first kappa shape index (κ1) is 9.88. The Hall–Kier alpha value is -1.20. The summed E-state index contributed by atoms with van der Waals surface area (Å²) < 4.78 is 0. The molecule has 0 saturated heterocycles. The third-order valence-electron chi connectivity index (χ3n) is 1.27. The van der Waals surface area contributed by atoms with Crippen LogP contribution in [0, 0.1) is 0 Å². The molecule has 0 aliphatic heterocycles. The minimum atomic E-state index is -0.595. The first-order valence-corrected chi connectivity index (χ1v) is 4.02. The molecule has 0 saturated carbocycles. The number of anilines is 1. The quantitative estimate of drug-likeness (QED) is 0.678. The van der Waals surface area contributed by atoms with Gasteiger partial charge in [-0.1, -0.05) is 11.6 Å². The van der Waals surface area contributed by atoms with E-state index in [2.05, 4.69) is 15.3 Å². The number of rotatable bonds is 2. The smallest absolute Gasteiger partial charge is 0.243 e.